The number of unbranched alkanes of at least 4 members (excludes halogenated alkanes) is 9. The van der Waals surface area contributed by atoms with Crippen molar-refractivity contribution in [2.45, 2.75) is 83.3 Å². The molecule has 0 atom stereocenters. The molecule has 5 heteroatoms. The molecule has 2 aromatic carbocycles. The highest BCUT2D eigenvalue weighted by Crippen LogP contribution is 2.30. The Morgan fingerprint density at radius 2 is 1.24 bits per heavy atom. The molecule has 0 aliphatic rings. The molecule has 2 aromatic rings. The van der Waals surface area contributed by atoms with Crippen molar-refractivity contribution in [3.63, 3.8) is 0 Å². The van der Waals surface area contributed by atoms with E-state index in [0.717, 1.165) is 25.7 Å². The SMILES string of the molecule is C=C(C)C(=O)OCCCCCCCCCCCCc1ccc(C(=O)C(OC)(OC)c2ccccc2)cc1. The van der Waals surface area contributed by atoms with Crippen molar-refractivity contribution in [1.29, 1.82) is 0 Å². The van der Waals surface area contributed by atoms with E-state index in [0.29, 0.717) is 23.3 Å². The fraction of sp³-hybridized carbons (Fsp3) is 0.500. The molecule has 0 saturated carbocycles. The van der Waals surface area contributed by atoms with Crippen LogP contribution in [0.4, 0.5) is 0 Å². The van der Waals surface area contributed by atoms with Gasteiger partial charge in [0.25, 0.3) is 5.79 Å². The van der Waals surface area contributed by atoms with Gasteiger partial charge in [-0.25, -0.2) is 4.79 Å². The van der Waals surface area contributed by atoms with Crippen LogP contribution in [0.25, 0.3) is 0 Å². The summed E-state index contributed by atoms with van der Waals surface area (Å²) in [5.74, 6) is -1.94. The van der Waals surface area contributed by atoms with E-state index in [4.69, 9.17) is 14.2 Å². The van der Waals surface area contributed by atoms with Crippen molar-refractivity contribution in [3.05, 3.63) is 83.4 Å². The smallest absolute Gasteiger partial charge is 0.333 e. The van der Waals surface area contributed by atoms with Crippen LogP contribution in [0, 0.1) is 0 Å². The molecule has 0 heterocycles. The molecule has 0 unspecified atom stereocenters. The van der Waals surface area contributed by atoms with Crippen LogP contribution >= 0.6 is 0 Å². The lowest BCUT2D eigenvalue weighted by Gasteiger charge is -2.29. The molecule has 0 spiro atoms. The molecule has 0 saturated heterocycles. The maximum absolute atomic E-state index is 13.3. The van der Waals surface area contributed by atoms with Gasteiger partial charge >= 0.3 is 5.97 Å². The molecule has 2 rings (SSSR count). The topological polar surface area (TPSA) is 61.8 Å². The van der Waals surface area contributed by atoms with E-state index in [9.17, 15) is 9.59 Å². The Hall–Kier alpha value is -2.76. The molecule has 202 valence electrons. The van der Waals surface area contributed by atoms with E-state index in [1.54, 1.807) is 6.92 Å². The summed E-state index contributed by atoms with van der Waals surface area (Å²) in [6.07, 6.45) is 13.0. The molecule has 0 N–H and O–H groups in total. The van der Waals surface area contributed by atoms with Crippen LogP contribution in [0.5, 0.6) is 0 Å². The van der Waals surface area contributed by atoms with Crippen LogP contribution in [0.15, 0.2) is 66.7 Å². The van der Waals surface area contributed by atoms with Crippen LogP contribution in [0.3, 0.4) is 0 Å². The molecular weight excluding hydrogens is 464 g/mol. The van der Waals surface area contributed by atoms with Gasteiger partial charge in [0.1, 0.15) is 0 Å². The summed E-state index contributed by atoms with van der Waals surface area (Å²) in [4.78, 5) is 24.6. The number of carbonyl (C=O) groups is 2. The second-order valence-electron chi connectivity index (χ2n) is 9.62. The van der Waals surface area contributed by atoms with Crippen molar-refractivity contribution in [2.24, 2.45) is 0 Å². The van der Waals surface area contributed by atoms with E-state index in [1.807, 2.05) is 54.6 Å². The number of ketones is 1. The van der Waals surface area contributed by atoms with Crippen molar-refractivity contribution in [2.75, 3.05) is 20.8 Å². The highest BCUT2D eigenvalue weighted by Gasteiger charge is 2.41. The monoisotopic (exact) mass is 508 g/mol. The first kappa shape index (κ1) is 30.5. The molecule has 0 bridgehead atoms. The highest BCUT2D eigenvalue weighted by atomic mass is 16.7. The summed E-state index contributed by atoms with van der Waals surface area (Å²) < 4.78 is 16.3. The lowest BCUT2D eigenvalue weighted by molar-refractivity contribution is -0.176. The summed E-state index contributed by atoms with van der Waals surface area (Å²) in [6, 6.07) is 17.1. The zero-order valence-electron chi connectivity index (χ0n) is 22.9. The average molecular weight is 509 g/mol. The van der Waals surface area contributed by atoms with Gasteiger partial charge in [-0.05, 0) is 31.7 Å². The molecule has 0 fully saturated rings. The van der Waals surface area contributed by atoms with E-state index < -0.39 is 5.79 Å². The normalized spacial score (nSPS) is 11.3. The first-order valence-electron chi connectivity index (χ1n) is 13.6. The minimum absolute atomic E-state index is 0.207. The number of carbonyl (C=O) groups excluding carboxylic acids is 2. The van der Waals surface area contributed by atoms with E-state index in [-0.39, 0.29) is 11.8 Å². The van der Waals surface area contributed by atoms with Crippen LogP contribution in [-0.4, -0.2) is 32.6 Å². The van der Waals surface area contributed by atoms with Crippen LogP contribution in [0.2, 0.25) is 0 Å². The molecule has 0 aliphatic heterocycles. The molecule has 37 heavy (non-hydrogen) atoms. The Morgan fingerprint density at radius 3 is 1.76 bits per heavy atom. The predicted molar refractivity (Wildman–Crippen MR) is 149 cm³/mol. The molecule has 0 aromatic heterocycles. The third-order valence-electron chi connectivity index (χ3n) is 6.69. The Morgan fingerprint density at radius 1 is 0.730 bits per heavy atom. The van der Waals surface area contributed by atoms with Crippen LogP contribution in [0.1, 0.15) is 92.6 Å². The average Bonchev–Trinajstić information content (AvgIpc) is 2.93. The Kier molecular flexibility index (Phi) is 13.9. The number of esters is 1. The lowest BCUT2D eigenvalue weighted by atomic mass is 9.94. The molecule has 0 aliphatic carbocycles. The highest BCUT2D eigenvalue weighted by molar-refractivity contribution is 6.02. The van der Waals surface area contributed by atoms with Crippen molar-refractivity contribution >= 4 is 11.8 Å². The zero-order chi connectivity index (χ0) is 26.9. The number of rotatable bonds is 19. The number of ether oxygens (including phenoxy) is 3. The third-order valence-corrected chi connectivity index (χ3v) is 6.69. The first-order chi connectivity index (χ1) is 17.9. The summed E-state index contributed by atoms with van der Waals surface area (Å²) in [6.45, 7) is 5.75. The number of benzene rings is 2. The first-order valence-corrected chi connectivity index (χ1v) is 13.6. The predicted octanol–water partition coefficient (Wildman–Crippen LogP) is 7.58. The zero-order valence-corrected chi connectivity index (χ0v) is 22.9. The minimum Gasteiger partial charge on any atom is -0.462 e. The van der Waals surface area contributed by atoms with Gasteiger partial charge < -0.3 is 14.2 Å². The van der Waals surface area contributed by atoms with Crippen molar-refractivity contribution in [3.8, 4) is 0 Å². The lowest BCUT2D eigenvalue weighted by Crippen LogP contribution is -2.40. The second kappa shape index (κ2) is 16.9. The minimum atomic E-state index is -1.44. The van der Waals surface area contributed by atoms with Gasteiger partial charge in [-0.2, -0.15) is 0 Å². The van der Waals surface area contributed by atoms with Crippen molar-refractivity contribution in [1.82, 2.24) is 0 Å². The van der Waals surface area contributed by atoms with Gasteiger partial charge in [-0.1, -0.05) is 113 Å². The van der Waals surface area contributed by atoms with Gasteiger partial charge in [0.05, 0.1) is 6.61 Å². The number of aryl methyl sites for hydroxylation is 1. The number of hydrogen-bond donors (Lipinski definition) is 0. The molecule has 0 amide bonds. The standard InChI is InChI=1S/C32H44O5/c1-26(2)31(34)37-25-17-12-10-8-6-5-7-9-11-14-18-27-21-23-28(24-22-27)30(33)32(35-3,36-4)29-19-15-13-16-20-29/h13,15-16,19-24H,1,5-12,14,17-18,25H2,2-4H3. The second-order valence-corrected chi connectivity index (χ2v) is 9.62. The van der Waals surface area contributed by atoms with Crippen LogP contribution < -0.4 is 0 Å². The van der Waals surface area contributed by atoms with E-state index in [1.165, 1.54) is 64.7 Å². The van der Waals surface area contributed by atoms with Gasteiger partial charge in [-0.3, -0.25) is 4.79 Å². The van der Waals surface area contributed by atoms with E-state index in [2.05, 4.69) is 6.58 Å². The summed E-state index contributed by atoms with van der Waals surface area (Å²) in [7, 11) is 2.99. The fourth-order valence-corrected chi connectivity index (χ4v) is 4.44. The number of Topliss-reactive ketones (excluding diaryl/α,β-unsaturated/α-hetero) is 1. The van der Waals surface area contributed by atoms with Gasteiger partial charge in [0, 0.05) is 30.9 Å². The maximum atomic E-state index is 13.3. The van der Waals surface area contributed by atoms with Gasteiger partial charge in [0.15, 0.2) is 0 Å². The van der Waals surface area contributed by atoms with E-state index >= 15 is 0 Å². The molecule has 5 nitrogen and oxygen atoms in total. The maximum Gasteiger partial charge on any atom is 0.333 e. The Labute approximate surface area is 223 Å². The summed E-state index contributed by atoms with van der Waals surface area (Å²) in [5, 5.41) is 0. The number of methoxy groups -OCH3 is 2. The van der Waals surface area contributed by atoms with Gasteiger partial charge in [0.2, 0.25) is 5.78 Å². The number of hydrogen-bond acceptors (Lipinski definition) is 5. The fourth-order valence-electron chi connectivity index (χ4n) is 4.44. The molecule has 0 radical (unpaired) electrons. The summed E-state index contributed by atoms with van der Waals surface area (Å²) in [5.41, 5.74) is 2.95. The summed E-state index contributed by atoms with van der Waals surface area (Å²) >= 11 is 0. The Balaban J connectivity index is 1.60. The third kappa shape index (κ3) is 9.90. The molecular formula is C32H44O5. The quantitative estimate of drug-likeness (QED) is 0.0643. The van der Waals surface area contributed by atoms with Crippen LogP contribution in [-0.2, 0) is 31.2 Å². The Bertz CT molecular complexity index is 945. The van der Waals surface area contributed by atoms with Gasteiger partial charge in [-0.15, -0.1) is 0 Å². The van der Waals surface area contributed by atoms with Crippen molar-refractivity contribution < 1.29 is 23.8 Å². The largest absolute Gasteiger partial charge is 0.462 e.